The fraction of sp³-hybridized carbons (Fsp3) is 0.750. The predicted octanol–water partition coefficient (Wildman–Crippen LogP) is 4.32. The fourth-order valence-corrected chi connectivity index (χ4v) is 3.62. The molecule has 1 aliphatic heterocycles. The molecule has 1 atom stereocenters. The molecule has 27 heavy (non-hydrogen) atoms. The van der Waals surface area contributed by atoms with E-state index in [0.717, 1.165) is 23.5 Å². The van der Waals surface area contributed by atoms with Crippen molar-refractivity contribution in [1.82, 2.24) is 15.3 Å². The van der Waals surface area contributed by atoms with Crippen LogP contribution in [0.4, 0.5) is 11.8 Å². The van der Waals surface area contributed by atoms with Gasteiger partial charge in [-0.3, -0.25) is 4.79 Å². The molecular formula is C20H34N5OW-. The second-order valence-electron chi connectivity index (χ2n) is 9.78. The predicted molar refractivity (Wildman–Crippen MR) is 107 cm³/mol. The molecule has 2 rings (SSSR count). The first-order valence-electron chi connectivity index (χ1n) is 9.32. The molecule has 6 nitrogen and oxygen atoms in total. The van der Waals surface area contributed by atoms with Gasteiger partial charge in [0.1, 0.15) is 0 Å². The number of nitrogens with zero attached hydrogens (tertiary/aromatic N) is 3. The van der Waals surface area contributed by atoms with Crippen molar-refractivity contribution in [2.45, 2.75) is 79.8 Å². The smallest absolute Gasteiger partial charge is 0.225 e. The Morgan fingerprint density at radius 2 is 1.74 bits per heavy atom. The van der Waals surface area contributed by atoms with Crippen molar-refractivity contribution in [3.63, 3.8) is 0 Å². The summed E-state index contributed by atoms with van der Waals surface area (Å²) in [6.45, 7) is 19.3. The molecule has 1 aromatic heterocycles. The van der Waals surface area contributed by atoms with E-state index in [1.54, 1.807) is 0 Å². The van der Waals surface area contributed by atoms with E-state index < -0.39 is 0 Å². The van der Waals surface area contributed by atoms with Gasteiger partial charge >= 0.3 is 0 Å². The summed E-state index contributed by atoms with van der Waals surface area (Å²) >= 11 is 0. The number of carbonyl (C=O) groups excluding carboxylic acids is 1. The first-order chi connectivity index (χ1) is 11.7. The molecule has 0 bridgehead atoms. The summed E-state index contributed by atoms with van der Waals surface area (Å²) in [5.41, 5.74) is 9.17. The standard InChI is InChI=1S/C20H35N5O.W/c1-12-13(2)22-17(21)23-15(12)25-11-14(16(26)24-18(3,4)5)10-19(6,7)20(25,8)9;/h14H,10-11H2,1-9H3,(H3,21,22,23,24,26);/p-1/t14-;/m0./s1. The molecule has 0 radical (unpaired) electrons. The number of aryl methyl sites for hydroxylation is 1. The maximum atomic E-state index is 12.9. The van der Waals surface area contributed by atoms with Gasteiger partial charge in [-0.1, -0.05) is 13.8 Å². The number of piperidine rings is 1. The van der Waals surface area contributed by atoms with Crippen LogP contribution < -0.4 is 10.2 Å². The van der Waals surface area contributed by atoms with Crippen LogP contribution in [0, 0.1) is 25.2 Å². The number of rotatable bonds is 2. The summed E-state index contributed by atoms with van der Waals surface area (Å²) in [6, 6.07) is 0. The van der Waals surface area contributed by atoms with Gasteiger partial charge in [0, 0.05) is 44.6 Å². The number of nitrogens with one attached hydrogen (secondary N) is 2. The van der Waals surface area contributed by atoms with Gasteiger partial charge < -0.3 is 25.9 Å². The number of hydrogen-bond acceptors (Lipinski definition) is 4. The Bertz CT molecular complexity index is 709. The molecule has 0 unspecified atom stereocenters. The molecule has 0 saturated carbocycles. The Kier molecular flexibility index (Phi) is 6.80. The Balaban J connectivity index is 0.00000364. The van der Waals surface area contributed by atoms with Crippen molar-refractivity contribution in [2.75, 3.05) is 11.4 Å². The Hall–Kier alpha value is -1.16. The van der Waals surface area contributed by atoms with Crippen LogP contribution in [0.1, 0.15) is 66.1 Å². The van der Waals surface area contributed by atoms with Crippen LogP contribution in [-0.4, -0.2) is 33.5 Å². The van der Waals surface area contributed by atoms with Crippen molar-refractivity contribution in [2.24, 2.45) is 11.3 Å². The zero-order chi connectivity index (χ0) is 20.1. The van der Waals surface area contributed by atoms with E-state index in [-0.39, 0.29) is 55.3 Å². The second kappa shape index (κ2) is 7.69. The molecule has 152 valence electrons. The molecule has 2 heterocycles. The molecule has 0 aromatic carbocycles. The minimum Gasteiger partial charge on any atom is -0.410 e. The molecule has 1 aromatic rings. The number of carbonyl (C=O) groups is 1. The molecular weight excluding hydrogens is 510 g/mol. The van der Waals surface area contributed by atoms with Gasteiger partial charge in [0.25, 0.3) is 0 Å². The maximum absolute atomic E-state index is 12.9. The van der Waals surface area contributed by atoms with Crippen LogP contribution in [0.15, 0.2) is 0 Å². The van der Waals surface area contributed by atoms with Gasteiger partial charge in [0.15, 0.2) is 0 Å². The average Bonchev–Trinajstić information content (AvgIpc) is 2.44. The van der Waals surface area contributed by atoms with Crippen LogP contribution >= 0.6 is 0 Å². The van der Waals surface area contributed by atoms with Crippen molar-refractivity contribution in [3.05, 3.63) is 17.0 Å². The largest absolute Gasteiger partial charge is 0.410 e. The molecule has 1 fully saturated rings. The SMILES string of the molecule is Cc1nc([NH-])nc(N2C[C@@H](C(=O)NC(C)(C)C)CC(C)(C)C2(C)C)c1C.[W]. The summed E-state index contributed by atoms with van der Waals surface area (Å²) in [4.78, 5) is 23.7. The number of hydrogen-bond donors (Lipinski definition) is 1. The average molecular weight is 544 g/mol. The Labute approximate surface area is 178 Å². The van der Waals surface area contributed by atoms with Crippen molar-refractivity contribution < 1.29 is 25.9 Å². The number of amides is 1. The molecule has 1 aliphatic rings. The first kappa shape index (κ1) is 23.9. The van der Waals surface area contributed by atoms with Gasteiger partial charge in [-0.25, -0.2) is 0 Å². The van der Waals surface area contributed by atoms with E-state index in [0.29, 0.717) is 6.54 Å². The number of anilines is 1. The first-order valence-corrected chi connectivity index (χ1v) is 9.32. The van der Waals surface area contributed by atoms with E-state index >= 15 is 0 Å². The van der Waals surface area contributed by atoms with Crippen LogP contribution in [-0.2, 0) is 25.9 Å². The van der Waals surface area contributed by atoms with E-state index in [9.17, 15) is 4.79 Å². The third kappa shape index (κ3) is 4.82. The minimum absolute atomic E-state index is 0. The van der Waals surface area contributed by atoms with Crippen molar-refractivity contribution >= 4 is 17.7 Å². The van der Waals surface area contributed by atoms with Crippen LogP contribution in [0.25, 0.3) is 5.73 Å². The van der Waals surface area contributed by atoms with Crippen LogP contribution in [0.2, 0.25) is 0 Å². The van der Waals surface area contributed by atoms with E-state index in [2.05, 4.69) is 47.9 Å². The fourth-order valence-electron chi connectivity index (χ4n) is 3.62. The molecule has 7 heteroatoms. The minimum atomic E-state index is -0.255. The third-order valence-corrected chi connectivity index (χ3v) is 5.98. The summed E-state index contributed by atoms with van der Waals surface area (Å²) in [7, 11) is 0. The van der Waals surface area contributed by atoms with Crippen molar-refractivity contribution in [3.8, 4) is 0 Å². The summed E-state index contributed by atoms with van der Waals surface area (Å²) < 4.78 is 0. The molecule has 2 N–H and O–H groups in total. The number of aromatic nitrogens is 2. The van der Waals surface area contributed by atoms with Crippen molar-refractivity contribution in [1.29, 1.82) is 0 Å². The molecule has 0 aliphatic carbocycles. The van der Waals surface area contributed by atoms with E-state index in [1.807, 2.05) is 34.6 Å². The van der Waals surface area contributed by atoms with Crippen LogP contribution in [0.5, 0.6) is 0 Å². The van der Waals surface area contributed by atoms with Gasteiger partial charge in [0.2, 0.25) is 5.91 Å². The monoisotopic (exact) mass is 544 g/mol. The Morgan fingerprint density at radius 1 is 1.19 bits per heavy atom. The normalized spacial score (nSPS) is 21.4. The van der Waals surface area contributed by atoms with Gasteiger partial charge in [-0.15, -0.1) is 0 Å². The zero-order valence-corrected chi connectivity index (χ0v) is 21.1. The molecule has 0 spiro atoms. The summed E-state index contributed by atoms with van der Waals surface area (Å²) in [6.07, 6.45) is 0.815. The van der Waals surface area contributed by atoms with Gasteiger partial charge in [-0.05, 0) is 71.6 Å². The second-order valence-corrected chi connectivity index (χ2v) is 9.78. The molecule has 1 amide bonds. The summed E-state index contributed by atoms with van der Waals surface area (Å²) in [5, 5.41) is 3.13. The van der Waals surface area contributed by atoms with Crippen LogP contribution in [0.3, 0.4) is 0 Å². The molecule has 1 saturated heterocycles. The third-order valence-electron chi connectivity index (χ3n) is 5.98. The Morgan fingerprint density at radius 3 is 2.26 bits per heavy atom. The van der Waals surface area contributed by atoms with Gasteiger partial charge in [0.05, 0.1) is 11.7 Å². The zero-order valence-electron chi connectivity index (χ0n) is 18.1. The maximum Gasteiger partial charge on any atom is 0.225 e. The van der Waals surface area contributed by atoms with E-state index in [1.165, 1.54) is 0 Å². The quantitative estimate of drug-likeness (QED) is 0.602. The van der Waals surface area contributed by atoms with E-state index in [4.69, 9.17) is 5.73 Å². The van der Waals surface area contributed by atoms with Gasteiger partial charge in [-0.2, -0.15) is 0 Å². The summed E-state index contributed by atoms with van der Waals surface area (Å²) in [5.74, 6) is 0.758. The topological polar surface area (TPSA) is 81.9 Å².